The number of nitrogens with one attached hydrogen (secondary N) is 1. The molecule has 114 valence electrons. The van der Waals surface area contributed by atoms with Gasteiger partial charge in [0.15, 0.2) is 0 Å². The summed E-state index contributed by atoms with van der Waals surface area (Å²) in [5.41, 5.74) is 6.61. The summed E-state index contributed by atoms with van der Waals surface area (Å²) in [6, 6.07) is 6.58. The predicted molar refractivity (Wildman–Crippen MR) is 69.9 cm³/mol. The SMILES string of the molecule is CCN(Cc1ccccc1N)S(=O)(=O)NCC(F)(F)F. The van der Waals surface area contributed by atoms with Crippen LogP contribution in [0, 0.1) is 0 Å². The number of hydrogen-bond donors (Lipinski definition) is 2. The third-order valence-electron chi connectivity index (χ3n) is 2.55. The summed E-state index contributed by atoms with van der Waals surface area (Å²) < 4.78 is 62.2. The molecule has 0 heterocycles. The fourth-order valence-electron chi connectivity index (χ4n) is 1.50. The molecule has 1 aromatic rings. The number of para-hydroxylation sites is 1. The Hall–Kier alpha value is -1.32. The molecule has 0 saturated heterocycles. The van der Waals surface area contributed by atoms with Crippen molar-refractivity contribution in [2.75, 3.05) is 18.8 Å². The van der Waals surface area contributed by atoms with Crippen LogP contribution in [-0.4, -0.2) is 32.0 Å². The van der Waals surface area contributed by atoms with Crippen LogP contribution in [0.3, 0.4) is 0 Å². The van der Waals surface area contributed by atoms with Crippen molar-refractivity contribution in [3.8, 4) is 0 Å². The summed E-state index contributed by atoms with van der Waals surface area (Å²) in [6.45, 7) is -0.125. The molecule has 0 saturated carbocycles. The molecule has 5 nitrogen and oxygen atoms in total. The third-order valence-corrected chi connectivity index (χ3v) is 4.13. The zero-order valence-electron chi connectivity index (χ0n) is 10.8. The van der Waals surface area contributed by atoms with Crippen molar-refractivity contribution in [2.24, 2.45) is 0 Å². The lowest BCUT2D eigenvalue weighted by Crippen LogP contribution is -2.43. The lowest BCUT2D eigenvalue weighted by molar-refractivity contribution is -0.121. The molecule has 20 heavy (non-hydrogen) atoms. The first-order valence-electron chi connectivity index (χ1n) is 5.80. The number of hydrogen-bond acceptors (Lipinski definition) is 3. The maximum absolute atomic E-state index is 12.1. The van der Waals surface area contributed by atoms with Gasteiger partial charge in [-0.1, -0.05) is 25.1 Å². The number of alkyl halides is 3. The Kier molecular flexibility index (Phi) is 5.37. The lowest BCUT2D eigenvalue weighted by Gasteiger charge is -2.22. The minimum atomic E-state index is -4.60. The number of nitrogens with zero attached hydrogens (tertiary/aromatic N) is 1. The van der Waals surface area contributed by atoms with Gasteiger partial charge in [0.2, 0.25) is 0 Å². The van der Waals surface area contributed by atoms with Crippen LogP contribution in [0.5, 0.6) is 0 Å². The molecule has 9 heteroatoms. The molecular weight excluding hydrogens is 295 g/mol. The molecule has 0 bridgehead atoms. The second-order valence-electron chi connectivity index (χ2n) is 4.07. The molecule has 0 aliphatic carbocycles. The van der Waals surface area contributed by atoms with E-state index >= 15 is 0 Å². The highest BCUT2D eigenvalue weighted by molar-refractivity contribution is 7.87. The quantitative estimate of drug-likeness (QED) is 0.782. The molecule has 0 amide bonds. The number of anilines is 1. The van der Waals surface area contributed by atoms with Crippen molar-refractivity contribution < 1.29 is 21.6 Å². The first-order chi connectivity index (χ1) is 9.15. The molecule has 0 spiro atoms. The van der Waals surface area contributed by atoms with E-state index in [2.05, 4.69) is 0 Å². The Morgan fingerprint density at radius 2 is 1.90 bits per heavy atom. The van der Waals surface area contributed by atoms with Crippen molar-refractivity contribution in [1.82, 2.24) is 9.03 Å². The zero-order valence-corrected chi connectivity index (χ0v) is 11.6. The van der Waals surface area contributed by atoms with E-state index < -0.39 is 22.9 Å². The number of nitrogens with two attached hydrogens (primary N) is 1. The normalized spacial score (nSPS) is 12.8. The Morgan fingerprint density at radius 1 is 1.30 bits per heavy atom. The van der Waals surface area contributed by atoms with E-state index in [1.807, 2.05) is 0 Å². The van der Waals surface area contributed by atoms with Crippen LogP contribution >= 0.6 is 0 Å². The van der Waals surface area contributed by atoms with Gasteiger partial charge in [0.1, 0.15) is 6.54 Å². The Balaban J connectivity index is 2.82. The van der Waals surface area contributed by atoms with Crippen LogP contribution in [-0.2, 0) is 16.8 Å². The zero-order chi connectivity index (χ0) is 15.4. The average Bonchev–Trinajstić information content (AvgIpc) is 2.34. The van der Waals surface area contributed by atoms with E-state index in [9.17, 15) is 21.6 Å². The van der Waals surface area contributed by atoms with Crippen molar-refractivity contribution in [3.05, 3.63) is 29.8 Å². The van der Waals surface area contributed by atoms with Crippen LogP contribution in [0.2, 0.25) is 0 Å². The molecule has 0 radical (unpaired) electrons. The summed E-state index contributed by atoms with van der Waals surface area (Å²) in [5.74, 6) is 0. The highest BCUT2D eigenvalue weighted by Gasteiger charge is 2.31. The number of nitrogen functional groups attached to an aromatic ring is 1. The second kappa shape index (κ2) is 6.42. The average molecular weight is 311 g/mol. The Labute approximate surface area is 115 Å². The van der Waals surface area contributed by atoms with Crippen molar-refractivity contribution in [2.45, 2.75) is 19.6 Å². The van der Waals surface area contributed by atoms with Crippen LogP contribution < -0.4 is 10.5 Å². The molecular formula is C11H16F3N3O2S. The summed E-state index contributed by atoms with van der Waals surface area (Å²) in [4.78, 5) is 0. The highest BCUT2D eigenvalue weighted by atomic mass is 32.2. The topological polar surface area (TPSA) is 75.4 Å². The molecule has 0 aliphatic rings. The number of halogens is 3. The molecule has 1 aromatic carbocycles. The van der Waals surface area contributed by atoms with E-state index in [-0.39, 0.29) is 13.1 Å². The van der Waals surface area contributed by atoms with Gasteiger partial charge in [0.05, 0.1) is 0 Å². The van der Waals surface area contributed by atoms with Gasteiger partial charge in [-0.05, 0) is 11.6 Å². The summed E-state index contributed by atoms with van der Waals surface area (Å²) >= 11 is 0. The van der Waals surface area contributed by atoms with Gasteiger partial charge in [0, 0.05) is 18.8 Å². The monoisotopic (exact) mass is 311 g/mol. The first-order valence-corrected chi connectivity index (χ1v) is 7.24. The first kappa shape index (κ1) is 16.7. The second-order valence-corrected chi connectivity index (χ2v) is 5.82. The summed E-state index contributed by atoms with van der Waals surface area (Å²) in [5, 5.41) is 0. The van der Waals surface area contributed by atoms with Gasteiger partial charge in [-0.15, -0.1) is 0 Å². The van der Waals surface area contributed by atoms with E-state index in [4.69, 9.17) is 5.73 Å². The summed E-state index contributed by atoms with van der Waals surface area (Å²) in [6.07, 6.45) is -4.60. The van der Waals surface area contributed by atoms with E-state index in [1.165, 1.54) is 11.6 Å². The number of rotatable bonds is 6. The largest absolute Gasteiger partial charge is 0.402 e. The molecule has 0 aliphatic heterocycles. The minimum Gasteiger partial charge on any atom is -0.398 e. The van der Waals surface area contributed by atoms with Crippen LogP contribution in [0.15, 0.2) is 24.3 Å². The molecule has 0 aromatic heterocycles. The molecule has 0 fully saturated rings. The van der Waals surface area contributed by atoms with Gasteiger partial charge in [-0.25, -0.2) is 0 Å². The molecule has 0 unspecified atom stereocenters. The van der Waals surface area contributed by atoms with Gasteiger partial charge in [0.25, 0.3) is 10.2 Å². The standard InChI is InChI=1S/C11H16F3N3O2S/c1-2-17(7-9-5-3-4-6-10(9)15)20(18,19)16-8-11(12,13)14/h3-6,16H,2,7-8,15H2,1H3. The van der Waals surface area contributed by atoms with Crippen LogP contribution in [0.4, 0.5) is 18.9 Å². The Morgan fingerprint density at radius 3 is 2.40 bits per heavy atom. The van der Waals surface area contributed by atoms with E-state index in [0.717, 1.165) is 4.31 Å². The van der Waals surface area contributed by atoms with Crippen molar-refractivity contribution in [3.63, 3.8) is 0 Å². The molecule has 1 rings (SSSR count). The van der Waals surface area contributed by atoms with Crippen LogP contribution in [0.1, 0.15) is 12.5 Å². The predicted octanol–water partition coefficient (Wildman–Crippen LogP) is 1.49. The van der Waals surface area contributed by atoms with Gasteiger partial charge in [-0.3, -0.25) is 0 Å². The third kappa shape index (κ3) is 4.99. The maximum atomic E-state index is 12.1. The Bertz CT molecular complexity index is 546. The van der Waals surface area contributed by atoms with Crippen molar-refractivity contribution >= 4 is 15.9 Å². The fourth-order valence-corrected chi connectivity index (χ4v) is 2.68. The lowest BCUT2D eigenvalue weighted by atomic mass is 10.2. The highest BCUT2D eigenvalue weighted by Crippen LogP contribution is 2.17. The van der Waals surface area contributed by atoms with Gasteiger partial charge < -0.3 is 5.73 Å². The van der Waals surface area contributed by atoms with Crippen LogP contribution in [0.25, 0.3) is 0 Å². The van der Waals surface area contributed by atoms with Gasteiger partial charge >= 0.3 is 6.18 Å². The number of benzene rings is 1. The van der Waals surface area contributed by atoms with Gasteiger partial charge in [-0.2, -0.15) is 30.6 Å². The van der Waals surface area contributed by atoms with E-state index in [0.29, 0.717) is 11.3 Å². The van der Waals surface area contributed by atoms with E-state index in [1.54, 1.807) is 24.3 Å². The van der Waals surface area contributed by atoms with Crippen molar-refractivity contribution in [1.29, 1.82) is 0 Å². The minimum absolute atomic E-state index is 0.0293. The smallest absolute Gasteiger partial charge is 0.398 e. The summed E-state index contributed by atoms with van der Waals surface area (Å²) in [7, 11) is -4.21. The molecule has 0 atom stereocenters. The fraction of sp³-hybridized carbons (Fsp3) is 0.455. The maximum Gasteiger partial charge on any atom is 0.402 e. The molecule has 3 N–H and O–H groups in total.